The Hall–Kier alpha value is -0.870. The fourth-order valence-electron chi connectivity index (χ4n) is 4.37. The van der Waals surface area contributed by atoms with Crippen LogP contribution in [0, 0.1) is 5.92 Å². The molecule has 1 saturated heterocycles. The molecule has 0 spiro atoms. The van der Waals surface area contributed by atoms with Crippen molar-refractivity contribution in [1.29, 1.82) is 0 Å². The van der Waals surface area contributed by atoms with Crippen LogP contribution in [0.4, 0.5) is 0 Å². The maximum Gasteiger partial charge on any atom is 0.225 e. The van der Waals surface area contributed by atoms with Gasteiger partial charge in [-0.2, -0.15) is 0 Å². The van der Waals surface area contributed by atoms with Crippen LogP contribution < -0.4 is 10.6 Å². The van der Waals surface area contributed by atoms with Crippen LogP contribution in [0.15, 0.2) is 22.5 Å². The minimum atomic E-state index is 0. The Morgan fingerprint density at radius 3 is 2.70 bits per heavy atom. The molecule has 30 heavy (non-hydrogen) atoms. The number of hydrogen-bond acceptors (Lipinski definition) is 4. The van der Waals surface area contributed by atoms with Gasteiger partial charge in [0.05, 0.1) is 12.6 Å². The maximum absolute atomic E-state index is 12.8. The van der Waals surface area contributed by atoms with Gasteiger partial charge in [-0.05, 0) is 51.7 Å². The fourth-order valence-corrected chi connectivity index (χ4v) is 5.28. The standard InChI is InChI=1S/C22H37N5OS.HI/c1-4-23-22(24-15-19(26(2)3)20-11-8-14-29-20)25-18-12-13-27(16-18)21(28)17-9-6-5-7-10-17;/h8,11,14,17-19H,4-7,9-10,12-13,15-16H2,1-3H3,(H2,23,24,25);1H. The molecule has 1 aliphatic heterocycles. The summed E-state index contributed by atoms with van der Waals surface area (Å²) in [6.07, 6.45) is 6.85. The lowest BCUT2D eigenvalue weighted by Crippen LogP contribution is -2.46. The number of nitrogens with one attached hydrogen (secondary N) is 2. The van der Waals surface area contributed by atoms with Gasteiger partial charge < -0.3 is 20.4 Å². The van der Waals surface area contributed by atoms with Gasteiger partial charge in [0.2, 0.25) is 5.91 Å². The van der Waals surface area contributed by atoms with Crippen molar-refractivity contribution in [2.24, 2.45) is 10.9 Å². The van der Waals surface area contributed by atoms with Crippen molar-refractivity contribution < 1.29 is 4.79 Å². The number of carbonyl (C=O) groups excluding carboxylic acids is 1. The third-order valence-electron chi connectivity index (χ3n) is 6.06. The van der Waals surface area contributed by atoms with Gasteiger partial charge in [0.15, 0.2) is 5.96 Å². The summed E-state index contributed by atoms with van der Waals surface area (Å²) in [6.45, 7) is 5.28. The number of amides is 1. The Morgan fingerprint density at radius 2 is 2.07 bits per heavy atom. The largest absolute Gasteiger partial charge is 0.357 e. The second-order valence-electron chi connectivity index (χ2n) is 8.46. The Labute approximate surface area is 202 Å². The summed E-state index contributed by atoms with van der Waals surface area (Å²) in [5.74, 6) is 1.49. The minimum Gasteiger partial charge on any atom is -0.357 e. The van der Waals surface area contributed by atoms with Gasteiger partial charge in [-0.25, -0.2) is 0 Å². The average molecular weight is 548 g/mol. The SMILES string of the molecule is CCNC(=NCC(c1cccs1)N(C)C)NC1CCN(C(=O)C2CCCCC2)C1.I. The number of likely N-dealkylation sites (tertiary alicyclic amines) is 1. The van der Waals surface area contributed by atoms with Crippen molar-refractivity contribution in [2.75, 3.05) is 40.3 Å². The second kappa shape index (κ2) is 12.9. The lowest BCUT2D eigenvalue weighted by molar-refractivity contribution is -0.135. The number of hydrogen-bond donors (Lipinski definition) is 2. The third kappa shape index (κ3) is 7.09. The van der Waals surface area contributed by atoms with Crippen LogP contribution in [-0.2, 0) is 4.79 Å². The van der Waals surface area contributed by atoms with Crippen molar-refractivity contribution in [2.45, 2.75) is 57.5 Å². The number of halogens is 1. The van der Waals surface area contributed by atoms with Crippen molar-refractivity contribution in [3.8, 4) is 0 Å². The van der Waals surface area contributed by atoms with E-state index in [4.69, 9.17) is 4.99 Å². The van der Waals surface area contributed by atoms with Gasteiger partial charge in [-0.3, -0.25) is 9.79 Å². The first-order valence-electron chi connectivity index (χ1n) is 11.1. The summed E-state index contributed by atoms with van der Waals surface area (Å²) in [4.78, 5) is 23.3. The smallest absolute Gasteiger partial charge is 0.225 e. The number of rotatable bonds is 7. The van der Waals surface area contributed by atoms with Gasteiger partial charge in [0, 0.05) is 36.5 Å². The molecular formula is C22H38IN5OS. The molecule has 170 valence electrons. The van der Waals surface area contributed by atoms with Gasteiger partial charge in [-0.1, -0.05) is 25.3 Å². The molecular weight excluding hydrogens is 509 g/mol. The summed E-state index contributed by atoms with van der Waals surface area (Å²) in [6, 6.07) is 4.83. The zero-order valence-corrected chi connectivity index (χ0v) is 21.7. The normalized spacial score (nSPS) is 21.4. The zero-order valence-electron chi connectivity index (χ0n) is 18.6. The molecule has 2 fully saturated rings. The van der Waals surface area contributed by atoms with Crippen LogP contribution >= 0.6 is 35.3 Å². The zero-order chi connectivity index (χ0) is 20.6. The van der Waals surface area contributed by atoms with Gasteiger partial charge in [0.25, 0.3) is 0 Å². The van der Waals surface area contributed by atoms with Crippen molar-refractivity contribution >= 4 is 47.2 Å². The molecule has 3 rings (SSSR count). The van der Waals surface area contributed by atoms with E-state index < -0.39 is 0 Å². The highest BCUT2D eigenvalue weighted by Crippen LogP contribution is 2.27. The topological polar surface area (TPSA) is 60.0 Å². The van der Waals surface area contributed by atoms with Crippen LogP contribution in [0.3, 0.4) is 0 Å². The fraction of sp³-hybridized carbons (Fsp3) is 0.727. The molecule has 2 aliphatic rings. The highest BCUT2D eigenvalue weighted by Gasteiger charge is 2.31. The first kappa shape index (κ1) is 25.4. The van der Waals surface area contributed by atoms with E-state index in [2.05, 4.69) is 59.0 Å². The highest BCUT2D eigenvalue weighted by molar-refractivity contribution is 14.0. The summed E-state index contributed by atoms with van der Waals surface area (Å²) in [5.41, 5.74) is 0. The molecule has 2 heterocycles. The summed E-state index contributed by atoms with van der Waals surface area (Å²) < 4.78 is 0. The summed E-state index contributed by atoms with van der Waals surface area (Å²) in [7, 11) is 4.21. The van der Waals surface area contributed by atoms with Crippen LogP contribution in [0.25, 0.3) is 0 Å². The molecule has 2 unspecified atom stereocenters. The molecule has 6 nitrogen and oxygen atoms in total. The van der Waals surface area contributed by atoms with Crippen molar-refractivity contribution in [1.82, 2.24) is 20.4 Å². The van der Waals surface area contributed by atoms with E-state index in [-0.39, 0.29) is 42.0 Å². The van der Waals surface area contributed by atoms with Gasteiger partial charge in [-0.15, -0.1) is 35.3 Å². The molecule has 0 bridgehead atoms. The van der Waals surface area contributed by atoms with E-state index in [9.17, 15) is 4.79 Å². The first-order chi connectivity index (χ1) is 14.1. The Morgan fingerprint density at radius 1 is 1.30 bits per heavy atom. The number of likely N-dealkylation sites (N-methyl/N-ethyl adjacent to an activating group) is 1. The molecule has 8 heteroatoms. The lowest BCUT2D eigenvalue weighted by atomic mass is 9.88. The van der Waals surface area contributed by atoms with E-state index in [1.165, 1.54) is 24.1 Å². The number of nitrogens with zero attached hydrogens (tertiary/aromatic N) is 3. The summed E-state index contributed by atoms with van der Waals surface area (Å²) >= 11 is 1.78. The Balaban J connectivity index is 0.00000320. The van der Waals surface area contributed by atoms with E-state index >= 15 is 0 Å². The molecule has 0 radical (unpaired) electrons. The molecule has 1 saturated carbocycles. The number of aliphatic imine (C=N–C) groups is 1. The van der Waals surface area contributed by atoms with Crippen LogP contribution in [0.2, 0.25) is 0 Å². The monoisotopic (exact) mass is 547 g/mol. The highest BCUT2D eigenvalue weighted by atomic mass is 127. The van der Waals surface area contributed by atoms with Crippen LogP contribution in [-0.4, -0.2) is 68.0 Å². The number of thiophene rings is 1. The third-order valence-corrected chi connectivity index (χ3v) is 7.03. The molecule has 1 aliphatic carbocycles. The van der Waals surface area contributed by atoms with Crippen molar-refractivity contribution in [3.05, 3.63) is 22.4 Å². The van der Waals surface area contributed by atoms with E-state index in [1.807, 2.05) is 0 Å². The Bertz CT molecular complexity index is 660. The lowest BCUT2D eigenvalue weighted by Gasteiger charge is -2.26. The summed E-state index contributed by atoms with van der Waals surface area (Å²) in [5, 5.41) is 9.07. The van der Waals surface area contributed by atoms with Crippen molar-refractivity contribution in [3.63, 3.8) is 0 Å². The molecule has 1 amide bonds. The molecule has 1 aromatic heterocycles. The van der Waals surface area contributed by atoms with E-state index in [0.29, 0.717) is 12.5 Å². The second-order valence-corrected chi connectivity index (χ2v) is 9.44. The quantitative estimate of drug-likeness (QED) is 0.311. The van der Waals surface area contributed by atoms with E-state index in [0.717, 1.165) is 44.9 Å². The average Bonchev–Trinajstić information content (AvgIpc) is 3.40. The van der Waals surface area contributed by atoms with Crippen LogP contribution in [0.1, 0.15) is 56.4 Å². The number of carbonyl (C=O) groups is 1. The van der Waals surface area contributed by atoms with Gasteiger partial charge >= 0.3 is 0 Å². The first-order valence-corrected chi connectivity index (χ1v) is 12.0. The predicted molar refractivity (Wildman–Crippen MR) is 137 cm³/mol. The van der Waals surface area contributed by atoms with Gasteiger partial charge in [0.1, 0.15) is 0 Å². The molecule has 2 atom stereocenters. The van der Waals surface area contributed by atoms with Crippen LogP contribution in [0.5, 0.6) is 0 Å². The maximum atomic E-state index is 12.8. The predicted octanol–water partition coefficient (Wildman–Crippen LogP) is 3.71. The minimum absolute atomic E-state index is 0. The number of guanidine groups is 1. The molecule has 1 aromatic rings. The van der Waals surface area contributed by atoms with E-state index in [1.54, 1.807) is 11.3 Å². The molecule has 2 N–H and O–H groups in total. The molecule has 0 aromatic carbocycles. The Kier molecular flexibility index (Phi) is 10.9.